The van der Waals surface area contributed by atoms with Crippen LogP contribution in [0.1, 0.15) is 12.0 Å². The Kier molecular flexibility index (Phi) is 5.58. The van der Waals surface area contributed by atoms with Crippen LogP contribution >= 0.6 is 23.4 Å². The lowest BCUT2D eigenvalue weighted by molar-refractivity contribution is -0.122. The molecular formula is C18H15ClFN3O2S. The number of halogens is 2. The zero-order chi connectivity index (χ0) is 18.7. The maximum Gasteiger partial charge on any atom is 0.240 e. The number of hydrogen-bond donors (Lipinski definition) is 2. The summed E-state index contributed by atoms with van der Waals surface area (Å²) < 4.78 is 13.1. The Morgan fingerprint density at radius 2 is 2.15 bits per heavy atom. The quantitative estimate of drug-likeness (QED) is 0.826. The number of carbonyl (C=O) groups is 2. The van der Waals surface area contributed by atoms with E-state index in [0.717, 1.165) is 11.3 Å². The van der Waals surface area contributed by atoms with Crippen LogP contribution in [0.4, 0.5) is 15.8 Å². The van der Waals surface area contributed by atoms with Crippen LogP contribution < -0.4 is 10.6 Å². The summed E-state index contributed by atoms with van der Waals surface area (Å²) in [5, 5.41) is 5.09. The number of anilines is 1. The topological polar surface area (TPSA) is 70.6 Å². The van der Waals surface area contributed by atoms with Gasteiger partial charge in [0, 0.05) is 12.1 Å². The molecule has 0 bridgehead atoms. The second kappa shape index (κ2) is 7.88. The molecule has 0 spiro atoms. The van der Waals surface area contributed by atoms with Gasteiger partial charge in [-0.2, -0.15) is 0 Å². The highest BCUT2D eigenvalue weighted by Crippen LogP contribution is 2.26. The van der Waals surface area contributed by atoms with Gasteiger partial charge in [0.25, 0.3) is 0 Å². The van der Waals surface area contributed by atoms with Crippen LogP contribution in [0, 0.1) is 12.7 Å². The zero-order valence-electron chi connectivity index (χ0n) is 13.8. The van der Waals surface area contributed by atoms with Gasteiger partial charge in [0.2, 0.25) is 11.8 Å². The number of benzene rings is 2. The number of nitrogens with zero attached hydrogens (tertiary/aromatic N) is 1. The Labute approximate surface area is 159 Å². The van der Waals surface area contributed by atoms with Crippen LogP contribution in [0.2, 0.25) is 5.02 Å². The average Bonchev–Trinajstić information content (AvgIpc) is 2.90. The van der Waals surface area contributed by atoms with E-state index in [4.69, 9.17) is 11.6 Å². The van der Waals surface area contributed by atoms with E-state index in [2.05, 4.69) is 15.6 Å². The monoisotopic (exact) mass is 391 g/mol. The van der Waals surface area contributed by atoms with Crippen molar-refractivity contribution in [3.05, 3.63) is 58.9 Å². The second-order valence-electron chi connectivity index (χ2n) is 5.73. The number of thioether (sulfide) groups is 1. The normalized spacial score (nSPS) is 18.0. The minimum absolute atomic E-state index is 0.0294. The molecule has 2 amide bonds. The second-order valence-corrected chi connectivity index (χ2v) is 7.33. The third kappa shape index (κ3) is 4.62. The predicted molar refractivity (Wildman–Crippen MR) is 102 cm³/mol. The SMILES string of the molecule is Cc1cccc(N=C2NC(=O)[C@H](CC(=O)Nc3ccc(F)c(Cl)c3)S2)c1. The highest BCUT2D eigenvalue weighted by Gasteiger charge is 2.32. The zero-order valence-corrected chi connectivity index (χ0v) is 15.3. The van der Waals surface area contributed by atoms with Crippen molar-refractivity contribution in [2.24, 2.45) is 4.99 Å². The Bertz CT molecular complexity index is 904. The first-order valence-corrected chi connectivity index (χ1v) is 9.04. The van der Waals surface area contributed by atoms with E-state index in [0.29, 0.717) is 10.9 Å². The molecular weight excluding hydrogens is 377 g/mol. The summed E-state index contributed by atoms with van der Waals surface area (Å²) in [5.74, 6) is -1.20. The molecule has 1 aliphatic rings. The molecule has 8 heteroatoms. The number of aryl methyl sites for hydroxylation is 1. The van der Waals surface area contributed by atoms with Gasteiger partial charge in [-0.05, 0) is 42.8 Å². The van der Waals surface area contributed by atoms with Gasteiger partial charge in [-0.1, -0.05) is 35.5 Å². The molecule has 134 valence electrons. The minimum Gasteiger partial charge on any atom is -0.326 e. The molecule has 0 radical (unpaired) electrons. The summed E-state index contributed by atoms with van der Waals surface area (Å²) in [6.45, 7) is 1.96. The van der Waals surface area contributed by atoms with Crippen LogP contribution in [0.3, 0.4) is 0 Å². The van der Waals surface area contributed by atoms with Crippen LogP contribution in [-0.2, 0) is 9.59 Å². The third-order valence-corrected chi connectivity index (χ3v) is 4.95. The van der Waals surface area contributed by atoms with Crippen molar-refractivity contribution in [3.63, 3.8) is 0 Å². The summed E-state index contributed by atoms with van der Waals surface area (Å²) in [7, 11) is 0. The number of rotatable bonds is 4. The van der Waals surface area contributed by atoms with Gasteiger partial charge < -0.3 is 10.6 Å². The van der Waals surface area contributed by atoms with Crippen molar-refractivity contribution >= 4 is 51.7 Å². The smallest absolute Gasteiger partial charge is 0.240 e. The van der Waals surface area contributed by atoms with Gasteiger partial charge in [-0.25, -0.2) is 9.38 Å². The molecule has 1 fully saturated rings. The van der Waals surface area contributed by atoms with Crippen molar-refractivity contribution in [2.75, 3.05) is 5.32 Å². The number of nitrogens with one attached hydrogen (secondary N) is 2. The van der Waals surface area contributed by atoms with E-state index < -0.39 is 11.1 Å². The van der Waals surface area contributed by atoms with E-state index >= 15 is 0 Å². The van der Waals surface area contributed by atoms with Crippen molar-refractivity contribution in [3.8, 4) is 0 Å². The Hall–Kier alpha value is -2.38. The Balaban J connectivity index is 1.62. The lowest BCUT2D eigenvalue weighted by Gasteiger charge is -2.08. The van der Waals surface area contributed by atoms with Gasteiger partial charge >= 0.3 is 0 Å². The standard InChI is InChI=1S/C18H15ClFN3O2S/c1-10-3-2-4-11(7-10)22-18-23-17(25)15(26-18)9-16(24)21-12-5-6-14(20)13(19)8-12/h2-8,15H,9H2,1H3,(H,21,24)(H,22,23,25)/t15-/m0/s1. The van der Waals surface area contributed by atoms with E-state index in [1.807, 2.05) is 31.2 Å². The first kappa shape index (κ1) is 18.4. The molecule has 1 heterocycles. The predicted octanol–water partition coefficient (Wildman–Crippen LogP) is 4.04. The number of amides is 2. The van der Waals surface area contributed by atoms with Gasteiger partial charge in [0.15, 0.2) is 5.17 Å². The Morgan fingerprint density at radius 1 is 1.35 bits per heavy atom. The first-order chi connectivity index (χ1) is 12.4. The lowest BCUT2D eigenvalue weighted by atomic mass is 10.2. The lowest BCUT2D eigenvalue weighted by Crippen LogP contribution is -2.28. The molecule has 0 aliphatic carbocycles. The molecule has 2 aromatic carbocycles. The molecule has 1 saturated heterocycles. The molecule has 0 aromatic heterocycles. The van der Waals surface area contributed by atoms with Gasteiger partial charge in [-0.3, -0.25) is 9.59 Å². The van der Waals surface area contributed by atoms with E-state index in [9.17, 15) is 14.0 Å². The molecule has 0 unspecified atom stereocenters. The fourth-order valence-electron chi connectivity index (χ4n) is 2.36. The van der Waals surface area contributed by atoms with E-state index in [1.165, 1.54) is 30.0 Å². The summed E-state index contributed by atoms with van der Waals surface area (Å²) in [4.78, 5) is 28.6. The van der Waals surface area contributed by atoms with Crippen molar-refractivity contribution in [2.45, 2.75) is 18.6 Å². The summed E-state index contributed by atoms with van der Waals surface area (Å²) in [6, 6.07) is 11.5. The van der Waals surface area contributed by atoms with Crippen LogP contribution in [0.25, 0.3) is 0 Å². The minimum atomic E-state index is -0.575. The fraction of sp³-hybridized carbons (Fsp3) is 0.167. The van der Waals surface area contributed by atoms with Crippen LogP contribution in [0.15, 0.2) is 47.5 Å². The number of amidine groups is 1. The van der Waals surface area contributed by atoms with Crippen LogP contribution in [0.5, 0.6) is 0 Å². The maximum absolute atomic E-state index is 13.1. The molecule has 26 heavy (non-hydrogen) atoms. The van der Waals surface area contributed by atoms with Crippen LogP contribution in [-0.4, -0.2) is 22.2 Å². The molecule has 2 N–H and O–H groups in total. The van der Waals surface area contributed by atoms with Crippen molar-refractivity contribution in [1.82, 2.24) is 5.32 Å². The number of hydrogen-bond acceptors (Lipinski definition) is 4. The number of carbonyl (C=O) groups excluding carboxylic acids is 2. The largest absolute Gasteiger partial charge is 0.326 e. The summed E-state index contributed by atoms with van der Waals surface area (Å²) in [5.41, 5.74) is 2.17. The van der Waals surface area contributed by atoms with Crippen molar-refractivity contribution < 1.29 is 14.0 Å². The Morgan fingerprint density at radius 3 is 2.88 bits per heavy atom. The highest BCUT2D eigenvalue weighted by atomic mass is 35.5. The molecule has 1 aliphatic heterocycles. The van der Waals surface area contributed by atoms with Crippen molar-refractivity contribution in [1.29, 1.82) is 0 Å². The number of aliphatic imine (C=N–C) groups is 1. The first-order valence-electron chi connectivity index (χ1n) is 7.78. The summed E-state index contributed by atoms with van der Waals surface area (Å²) >= 11 is 6.89. The highest BCUT2D eigenvalue weighted by molar-refractivity contribution is 8.15. The average molecular weight is 392 g/mol. The molecule has 0 saturated carbocycles. The summed E-state index contributed by atoms with van der Waals surface area (Å²) in [6.07, 6.45) is -0.0294. The van der Waals surface area contributed by atoms with E-state index in [-0.39, 0.29) is 23.3 Å². The van der Waals surface area contributed by atoms with E-state index in [1.54, 1.807) is 0 Å². The molecule has 2 aromatic rings. The maximum atomic E-state index is 13.1. The third-order valence-electron chi connectivity index (χ3n) is 3.58. The van der Waals surface area contributed by atoms with Gasteiger partial charge in [0.1, 0.15) is 11.1 Å². The van der Waals surface area contributed by atoms with Gasteiger partial charge in [0.05, 0.1) is 10.7 Å². The molecule has 3 rings (SSSR count). The molecule has 1 atom stereocenters. The molecule has 5 nitrogen and oxygen atoms in total. The van der Waals surface area contributed by atoms with Gasteiger partial charge in [-0.15, -0.1) is 0 Å². The fourth-order valence-corrected chi connectivity index (χ4v) is 3.53.